The molecule has 0 saturated carbocycles. The molecule has 10 aromatic carbocycles. The minimum Gasteiger partial charge on any atom is -0.456 e. The second kappa shape index (κ2) is 14.7. The zero-order valence-electron chi connectivity index (χ0n) is 35.2. The highest BCUT2D eigenvalue weighted by Gasteiger charge is 2.50. The van der Waals surface area contributed by atoms with E-state index in [1.54, 1.807) is 0 Å². The molecule has 2 atom stereocenters. The number of furan rings is 1. The first-order valence-corrected chi connectivity index (χ1v) is 24.4. The zero-order valence-corrected chi connectivity index (χ0v) is 36.2. The first-order valence-electron chi connectivity index (χ1n) is 22.4. The average molecular weight is 831 g/mol. The minimum atomic E-state index is -3.15. The van der Waals surface area contributed by atoms with Crippen LogP contribution in [-0.2, 0) is 0 Å². The highest BCUT2D eigenvalue weighted by molar-refractivity contribution is 7.20. The average Bonchev–Trinajstić information content (AvgIpc) is 3.75. The topological polar surface area (TPSA) is 13.1 Å². The SMILES string of the molecule is c1ccc(-c2cc(-c3ccccc3)cc([Si](c3ccccc3)(c3ccccc3)c3cccc4c3C3c5ccccc5C4c4cccc(-c5ccc6oc7ccccc7c6c5)c43)c2)cc1. The summed E-state index contributed by atoms with van der Waals surface area (Å²) in [7, 11) is -3.15. The van der Waals surface area contributed by atoms with E-state index in [4.69, 9.17) is 4.42 Å². The summed E-state index contributed by atoms with van der Waals surface area (Å²) in [6.45, 7) is 0. The molecule has 14 rings (SSSR count). The lowest BCUT2D eigenvalue weighted by Crippen LogP contribution is -2.75. The van der Waals surface area contributed by atoms with Crippen LogP contribution in [0.1, 0.15) is 45.2 Å². The van der Waals surface area contributed by atoms with E-state index in [9.17, 15) is 0 Å². The van der Waals surface area contributed by atoms with Gasteiger partial charge >= 0.3 is 0 Å². The number of para-hydroxylation sites is 1. The fourth-order valence-electron chi connectivity index (χ4n) is 11.6. The Bertz CT molecular complexity index is 3460. The van der Waals surface area contributed by atoms with Crippen LogP contribution in [0.5, 0.6) is 0 Å². The van der Waals surface area contributed by atoms with Gasteiger partial charge in [-0.1, -0.05) is 218 Å². The molecule has 0 amide bonds. The third kappa shape index (κ3) is 5.49. The van der Waals surface area contributed by atoms with Crippen LogP contribution in [0, 0.1) is 0 Å². The molecule has 3 aliphatic carbocycles. The van der Waals surface area contributed by atoms with Gasteiger partial charge in [0.1, 0.15) is 11.2 Å². The van der Waals surface area contributed by atoms with E-state index in [-0.39, 0.29) is 11.8 Å². The van der Waals surface area contributed by atoms with Crippen LogP contribution in [-0.4, -0.2) is 8.07 Å². The van der Waals surface area contributed by atoms with Crippen LogP contribution in [0.2, 0.25) is 0 Å². The van der Waals surface area contributed by atoms with Crippen molar-refractivity contribution in [2.24, 2.45) is 0 Å². The van der Waals surface area contributed by atoms with Crippen molar-refractivity contribution >= 4 is 50.8 Å². The molecule has 64 heavy (non-hydrogen) atoms. The maximum Gasteiger partial charge on any atom is 0.179 e. The zero-order chi connectivity index (χ0) is 42.2. The lowest BCUT2D eigenvalue weighted by Gasteiger charge is -2.47. The fraction of sp³-hybridized carbons (Fsp3) is 0.0323. The maximum absolute atomic E-state index is 6.36. The largest absolute Gasteiger partial charge is 0.456 e. The van der Waals surface area contributed by atoms with E-state index in [0.29, 0.717) is 0 Å². The number of hydrogen-bond acceptors (Lipinski definition) is 1. The standard InChI is InChI=1S/C62H42OSi/c1-5-19-41(20-6-1)44-37-45(42-21-7-2-8-22-42)39-48(38-44)64(46-23-9-3-10-24-46,47-25-11-4-12-26-47)58-34-18-32-54-59-51-28-13-14-29-52(51)62(61(54)58)60-49(30-17-31-53(59)60)43-35-36-57-55(40-43)50-27-15-16-33-56(50)63-57/h1-40,59,62H. The van der Waals surface area contributed by atoms with Crippen LogP contribution < -0.4 is 20.7 Å². The number of hydrogen-bond donors (Lipinski definition) is 0. The molecule has 2 unspecified atom stereocenters. The lowest BCUT2D eigenvalue weighted by atomic mass is 9.60. The number of rotatable bonds is 7. The van der Waals surface area contributed by atoms with Crippen molar-refractivity contribution in [1.29, 1.82) is 0 Å². The van der Waals surface area contributed by atoms with Crippen LogP contribution in [0.25, 0.3) is 55.3 Å². The maximum atomic E-state index is 6.36. The number of fused-ring (bicyclic) bond motifs is 3. The summed E-state index contributed by atoms with van der Waals surface area (Å²) in [5.74, 6) is 0.110. The molecule has 3 aliphatic rings. The Kier molecular flexibility index (Phi) is 8.44. The van der Waals surface area contributed by atoms with E-state index in [1.165, 1.54) is 87.5 Å². The molecule has 1 nitrogen and oxygen atoms in total. The van der Waals surface area contributed by atoms with E-state index in [2.05, 4.69) is 243 Å². The van der Waals surface area contributed by atoms with Crippen molar-refractivity contribution in [1.82, 2.24) is 0 Å². The van der Waals surface area contributed by atoms with Crippen LogP contribution in [0.3, 0.4) is 0 Å². The van der Waals surface area contributed by atoms with Crippen LogP contribution >= 0.6 is 0 Å². The highest BCUT2D eigenvalue weighted by atomic mass is 28.3. The predicted octanol–water partition coefficient (Wildman–Crippen LogP) is 13.0. The summed E-state index contributed by atoms with van der Waals surface area (Å²) in [6.07, 6.45) is 0. The molecule has 1 aromatic heterocycles. The van der Waals surface area contributed by atoms with Gasteiger partial charge in [0.25, 0.3) is 0 Å². The Hall–Kier alpha value is -7.78. The van der Waals surface area contributed by atoms with Crippen molar-refractivity contribution in [3.8, 4) is 33.4 Å². The third-order valence-electron chi connectivity index (χ3n) is 14.2. The van der Waals surface area contributed by atoms with Gasteiger partial charge in [-0.15, -0.1) is 0 Å². The summed E-state index contributed by atoms with van der Waals surface area (Å²) in [5.41, 5.74) is 17.8. The molecule has 0 radical (unpaired) electrons. The summed E-state index contributed by atoms with van der Waals surface area (Å²) in [6, 6.07) is 91.2. The molecule has 0 N–H and O–H groups in total. The summed E-state index contributed by atoms with van der Waals surface area (Å²) in [5, 5.41) is 7.88. The molecule has 0 fully saturated rings. The van der Waals surface area contributed by atoms with Crippen molar-refractivity contribution in [3.63, 3.8) is 0 Å². The quantitative estimate of drug-likeness (QED) is 0.115. The van der Waals surface area contributed by atoms with Crippen molar-refractivity contribution in [2.45, 2.75) is 11.8 Å². The van der Waals surface area contributed by atoms with Crippen molar-refractivity contribution in [3.05, 3.63) is 276 Å². The molecule has 0 saturated heterocycles. The van der Waals surface area contributed by atoms with Crippen LogP contribution in [0.15, 0.2) is 247 Å². The van der Waals surface area contributed by atoms with E-state index < -0.39 is 8.07 Å². The summed E-state index contributed by atoms with van der Waals surface area (Å²) in [4.78, 5) is 0. The van der Waals surface area contributed by atoms with Gasteiger partial charge in [-0.3, -0.25) is 0 Å². The van der Waals surface area contributed by atoms with Gasteiger partial charge < -0.3 is 4.42 Å². The summed E-state index contributed by atoms with van der Waals surface area (Å²) < 4.78 is 6.36. The fourth-order valence-corrected chi connectivity index (χ4v) is 16.7. The molecule has 1 heterocycles. The van der Waals surface area contributed by atoms with Gasteiger partial charge in [0, 0.05) is 22.6 Å². The predicted molar refractivity (Wildman–Crippen MR) is 268 cm³/mol. The Morgan fingerprint density at radius 2 is 0.812 bits per heavy atom. The Morgan fingerprint density at radius 1 is 0.297 bits per heavy atom. The molecule has 0 aliphatic heterocycles. The van der Waals surface area contributed by atoms with Gasteiger partial charge in [-0.2, -0.15) is 0 Å². The molecular weight excluding hydrogens is 789 g/mol. The van der Waals surface area contributed by atoms with E-state index in [0.717, 1.165) is 21.9 Å². The Labute approximate surface area is 374 Å². The van der Waals surface area contributed by atoms with E-state index in [1.807, 2.05) is 0 Å². The second-order valence-electron chi connectivity index (χ2n) is 17.4. The monoisotopic (exact) mass is 830 g/mol. The molecular formula is C62H42OSi. The summed E-state index contributed by atoms with van der Waals surface area (Å²) >= 11 is 0. The molecule has 300 valence electrons. The van der Waals surface area contributed by atoms with Gasteiger partial charge in [-0.25, -0.2) is 0 Å². The molecule has 2 bridgehead atoms. The Morgan fingerprint density at radius 3 is 1.47 bits per heavy atom. The van der Waals surface area contributed by atoms with Gasteiger partial charge in [0.05, 0.1) is 0 Å². The van der Waals surface area contributed by atoms with Gasteiger partial charge in [-0.05, 0) is 112 Å². The van der Waals surface area contributed by atoms with Gasteiger partial charge in [0.15, 0.2) is 8.07 Å². The van der Waals surface area contributed by atoms with Crippen LogP contribution in [0.4, 0.5) is 0 Å². The van der Waals surface area contributed by atoms with Crippen molar-refractivity contribution < 1.29 is 4.42 Å². The molecule has 0 spiro atoms. The first kappa shape index (κ1) is 36.8. The molecule has 11 aromatic rings. The first-order chi connectivity index (χ1) is 31.8. The third-order valence-corrected chi connectivity index (χ3v) is 19.0. The van der Waals surface area contributed by atoms with Gasteiger partial charge in [0.2, 0.25) is 0 Å². The smallest absolute Gasteiger partial charge is 0.179 e. The number of benzene rings is 10. The Balaban J connectivity index is 1.14. The lowest BCUT2D eigenvalue weighted by molar-refractivity contribution is 0.669. The molecule has 2 heteroatoms. The second-order valence-corrected chi connectivity index (χ2v) is 21.2. The normalized spacial score (nSPS) is 14.9. The van der Waals surface area contributed by atoms with E-state index >= 15 is 0 Å². The minimum absolute atomic E-state index is 0.0144. The van der Waals surface area contributed by atoms with Crippen molar-refractivity contribution in [2.75, 3.05) is 0 Å². The highest BCUT2D eigenvalue weighted by Crippen LogP contribution is 2.57.